The Morgan fingerprint density at radius 2 is 1.64 bits per heavy atom. The minimum atomic E-state index is -1.97. The quantitative estimate of drug-likeness (QED) is 0.209. The van der Waals surface area contributed by atoms with Crippen LogP contribution < -0.4 is 0 Å². The number of halogens is 1. The fraction of sp³-hybridized carbons (Fsp3) is 0.800. The predicted molar refractivity (Wildman–Crippen MR) is 187 cm³/mol. The third kappa shape index (κ3) is 5.86. The molecule has 3 unspecified atom stereocenters. The van der Waals surface area contributed by atoms with E-state index in [0.717, 1.165) is 38.5 Å². The Morgan fingerprint density at radius 1 is 0.978 bits per heavy atom. The number of hydrogen-bond donors (Lipinski definition) is 2. The second-order valence-electron chi connectivity index (χ2n) is 18.1. The maximum atomic E-state index is 14.5. The lowest BCUT2D eigenvalue weighted by atomic mass is 9.42. The maximum Gasteiger partial charge on any atom is 0.192 e. The molecular formula is C40H65FO3Si. The van der Waals surface area contributed by atoms with Gasteiger partial charge in [-0.05, 0) is 127 Å². The number of aliphatic hydroxyl groups excluding tert-OH is 2. The van der Waals surface area contributed by atoms with Crippen LogP contribution in [0.3, 0.4) is 0 Å². The first-order chi connectivity index (χ1) is 20.9. The van der Waals surface area contributed by atoms with Crippen LogP contribution in [0, 0.1) is 51.7 Å². The summed E-state index contributed by atoms with van der Waals surface area (Å²) in [5.74, 6) is 2.29. The summed E-state index contributed by atoms with van der Waals surface area (Å²) >= 11 is 0. The standard InChI is InChI=1S/C40H65FO3Si/c1-11-27(35(42)28-14-12-13-15-33(28)41)17-16-26(2)29-20-24-40(8)31-18-19-32-36(43)34(44-45(9,10)37(3,4)5)22-23-38(32,6)30(31)21-25-39(29,40)7/h12-15,19,26-27,29-31,34-36,42-43H,11,16-18,20-25H2,1-10H3/t26?,27?,29-,30+,31-,34+,35?,36-,38-,39-,40+/m1/s1. The van der Waals surface area contributed by atoms with E-state index in [1.165, 1.54) is 37.3 Å². The molecule has 0 spiro atoms. The van der Waals surface area contributed by atoms with Crippen LogP contribution in [0.2, 0.25) is 18.1 Å². The number of benzene rings is 1. The molecule has 0 amide bonds. The van der Waals surface area contributed by atoms with Gasteiger partial charge in [0.2, 0.25) is 0 Å². The van der Waals surface area contributed by atoms with E-state index in [4.69, 9.17) is 4.43 Å². The van der Waals surface area contributed by atoms with E-state index in [9.17, 15) is 14.6 Å². The number of fused-ring (bicyclic) bond motifs is 5. The second kappa shape index (κ2) is 12.5. The van der Waals surface area contributed by atoms with E-state index in [1.807, 2.05) is 6.07 Å². The van der Waals surface area contributed by atoms with Gasteiger partial charge in [-0.25, -0.2) is 4.39 Å². The van der Waals surface area contributed by atoms with Crippen molar-refractivity contribution < 1.29 is 19.0 Å². The van der Waals surface area contributed by atoms with Gasteiger partial charge in [0, 0.05) is 5.56 Å². The van der Waals surface area contributed by atoms with E-state index in [0.29, 0.717) is 34.7 Å². The molecule has 5 heteroatoms. The molecule has 3 nitrogen and oxygen atoms in total. The Hall–Kier alpha value is -1.01. The Labute approximate surface area is 275 Å². The highest BCUT2D eigenvalue weighted by Crippen LogP contribution is 2.73. The van der Waals surface area contributed by atoms with Crippen LogP contribution in [-0.4, -0.2) is 30.7 Å². The Kier molecular flexibility index (Phi) is 9.77. The smallest absolute Gasteiger partial charge is 0.192 e. The van der Waals surface area contributed by atoms with Gasteiger partial charge >= 0.3 is 0 Å². The van der Waals surface area contributed by atoms with Gasteiger partial charge < -0.3 is 14.6 Å². The molecule has 3 saturated carbocycles. The molecule has 45 heavy (non-hydrogen) atoms. The lowest BCUT2D eigenvalue weighted by Gasteiger charge is -2.63. The summed E-state index contributed by atoms with van der Waals surface area (Å²) in [6.45, 7) is 23.8. The van der Waals surface area contributed by atoms with E-state index < -0.39 is 20.5 Å². The predicted octanol–water partition coefficient (Wildman–Crippen LogP) is 10.6. The first-order valence-electron chi connectivity index (χ1n) is 18.4. The summed E-state index contributed by atoms with van der Waals surface area (Å²) in [4.78, 5) is 0. The van der Waals surface area contributed by atoms with Crippen molar-refractivity contribution in [1.29, 1.82) is 0 Å². The first kappa shape index (κ1) is 35.3. The molecule has 1 aromatic carbocycles. The molecule has 2 N–H and O–H groups in total. The minimum Gasteiger partial charge on any atom is -0.411 e. The Bertz CT molecular complexity index is 1240. The summed E-state index contributed by atoms with van der Waals surface area (Å²) < 4.78 is 21.3. The molecule has 11 atom stereocenters. The van der Waals surface area contributed by atoms with Crippen LogP contribution in [0.1, 0.15) is 131 Å². The molecule has 1 aromatic rings. The van der Waals surface area contributed by atoms with Crippen molar-refractivity contribution in [2.75, 3.05) is 0 Å². The molecule has 0 aromatic heterocycles. The Balaban J connectivity index is 1.30. The number of allylic oxidation sites excluding steroid dienone is 1. The van der Waals surface area contributed by atoms with Crippen molar-refractivity contribution in [3.8, 4) is 0 Å². The summed E-state index contributed by atoms with van der Waals surface area (Å²) in [5, 5.41) is 23.1. The summed E-state index contributed by atoms with van der Waals surface area (Å²) in [6, 6.07) is 6.73. The van der Waals surface area contributed by atoms with E-state index in [-0.39, 0.29) is 33.7 Å². The molecule has 5 rings (SSSR count). The first-order valence-corrected chi connectivity index (χ1v) is 21.3. The molecule has 0 radical (unpaired) electrons. The average molecular weight is 641 g/mol. The zero-order valence-corrected chi connectivity index (χ0v) is 31.3. The summed E-state index contributed by atoms with van der Waals surface area (Å²) in [6.07, 6.45) is 12.3. The summed E-state index contributed by atoms with van der Waals surface area (Å²) in [7, 11) is -1.97. The van der Waals surface area contributed by atoms with Gasteiger partial charge in [-0.1, -0.05) is 92.5 Å². The molecule has 0 bridgehead atoms. The van der Waals surface area contributed by atoms with Crippen LogP contribution in [0.15, 0.2) is 35.9 Å². The van der Waals surface area contributed by atoms with Crippen LogP contribution >= 0.6 is 0 Å². The lowest BCUT2D eigenvalue weighted by Crippen LogP contribution is -2.58. The van der Waals surface area contributed by atoms with Crippen molar-refractivity contribution in [2.45, 2.75) is 156 Å². The van der Waals surface area contributed by atoms with E-state index >= 15 is 0 Å². The van der Waals surface area contributed by atoms with Crippen LogP contribution in [0.5, 0.6) is 0 Å². The molecule has 0 saturated heterocycles. The van der Waals surface area contributed by atoms with E-state index in [1.54, 1.807) is 12.1 Å². The molecule has 4 aliphatic carbocycles. The van der Waals surface area contributed by atoms with Gasteiger partial charge in [-0.15, -0.1) is 0 Å². The van der Waals surface area contributed by atoms with Crippen LogP contribution in [-0.2, 0) is 4.43 Å². The van der Waals surface area contributed by atoms with Gasteiger partial charge in [0.25, 0.3) is 0 Å². The van der Waals surface area contributed by atoms with Gasteiger partial charge in [0.05, 0.1) is 12.2 Å². The zero-order valence-electron chi connectivity index (χ0n) is 30.3. The fourth-order valence-corrected chi connectivity index (χ4v) is 12.3. The minimum absolute atomic E-state index is 0.0564. The van der Waals surface area contributed by atoms with E-state index in [2.05, 4.69) is 74.6 Å². The average Bonchev–Trinajstić information content (AvgIpc) is 3.25. The van der Waals surface area contributed by atoms with Crippen molar-refractivity contribution in [2.24, 2.45) is 45.8 Å². The normalized spacial score (nSPS) is 38.9. The van der Waals surface area contributed by atoms with Crippen LogP contribution in [0.25, 0.3) is 0 Å². The molecule has 254 valence electrons. The maximum absolute atomic E-state index is 14.5. The highest BCUT2D eigenvalue weighted by atomic mass is 28.4. The number of aliphatic hydroxyl groups is 2. The summed E-state index contributed by atoms with van der Waals surface area (Å²) in [5.41, 5.74) is 2.37. The lowest BCUT2D eigenvalue weighted by molar-refractivity contribution is -0.123. The Morgan fingerprint density at radius 3 is 2.29 bits per heavy atom. The monoisotopic (exact) mass is 640 g/mol. The molecule has 4 aliphatic rings. The van der Waals surface area contributed by atoms with Crippen molar-refractivity contribution >= 4 is 8.32 Å². The third-order valence-electron chi connectivity index (χ3n) is 15.2. The van der Waals surface area contributed by atoms with Crippen molar-refractivity contribution in [1.82, 2.24) is 0 Å². The zero-order chi connectivity index (χ0) is 33.2. The van der Waals surface area contributed by atoms with Gasteiger partial charge in [-0.2, -0.15) is 0 Å². The highest BCUT2D eigenvalue weighted by Gasteiger charge is 2.65. The number of hydrogen-bond acceptors (Lipinski definition) is 3. The van der Waals surface area contributed by atoms with Crippen molar-refractivity contribution in [3.63, 3.8) is 0 Å². The molecule has 0 heterocycles. The van der Waals surface area contributed by atoms with Gasteiger partial charge in [-0.3, -0.25) is 0 Å². The van der Waals surface area contributed by atoms with Crippen LogP contribution in [0.4, 0.5) is 4.39 Å². The number of rotatable bonds is 9. The van der Waals surface area contributed by atoms with Crippen molar-refractivity contribution in [3.05, 3.63) is 47.3 Å². The topological polar surface area (TPSA) is 49.7 Å². The fourth-order valence-electron chi connectivity index (χ4n) is 11.0. The molecule has 0 aliphatic heterocycles. The molecule has 3 fully saturated rings. The highest BCUT2D eigenvalue weighted by molar-refractivity contribution is 6.74. The SMILES string of the molecule is CCC(CCC(C)[C@H]1CC[C@@]2(C)[C@@H]3CC=C4[C@@H](O)[C@@H](O[Si](C)(C)C(C)(C)C)CC[C@]4(C)[C@H]3CC[C@]12C)C(O)c1ccccc1F. The van der Waals surface area contributed by atoms with Gasteiger partial charge in [0.1, 0.15) is 11.9 Å². The molecular weight excluding hydrogens is 576 g/mol. The largest absolute Gasteiger partial charge is 0.411 e. The third-order valence-corrected chi connectivity index (χ3v) is 19.7. The second-order valence-corrected chi connectivity index (χ2v) is 22.9. The van der Waals surface area contributed by atoms with Gasteiger partial charge in [0.15, 0.2) is 8.32 Å².